The Morgan fingerprint density at radius 1 is 1.40 bits per heavy atom. The van der Waals surface area contributed by atoms with Gasteiger partial charge in [0.25, 0.3) is 0 Å². The van der Waals surface area contributed by atoms with E-state index in [-0.39, 0.29) is 5.91 Å². The first-order valence-electron chi connectivity index (χ1n) is 5.86. The summed E-state index contributed by atoms with van der Waals surface area (Å²) in [6, 6.07) is 0. The molecule has 0 saturated heterocycles. The summed E-state index contributed by atoms with van der Waals surface area (Å²) in [6.07, 6.45) is 7.65. The van der Waals surface area contributed by atoms with E-state index < -0.39 is 0 Å². The van der Waals surface area contributed by atoms with Crippen LogP contribution < -0.4 is 0 Å². The number of allylic oxidation sites excluding steroid dienone is 3. The van der Waals surface area contributed by atoms with Crippen molar-refractivity contribution >= 4 is 5.91 Å². The van der Waals surface area contributed by atoms with Crippen molar-refractivity contribution in [2.45, 2.75) is 40.0 Å². The molecule has 0 atom stereocenters. The average Bonchev–Trinajstić information content (AvgIpc) is 2.30. The number of hydrogen-bond donors (Lipinski definition) is 0. The molecule has 0 aliphatic heterocycles. The molecule has 1 aliphatic carbocycles. The zero-order valence-electron chi connectivity index (χ0n) is 10.0. The Labute approximate surface area is 92.7 Å². The van der Waals surface area contributed by atoms with Crippen molar-refractivity contribution in [3.05, 3.63) is 23.3 Å². The predicted molar refractivity (Wildman–Crippen MR) is 63.6 cm³/mol. The van der Waals surface area contributed by atoms with E-state index in [2.05, 4.69) is 12.2 Å². The van der Waals surface area contributed by atoms with Crippen molar-refractivity contribution in [3.8, 4) is 0 Å². The monoisotopic (exact) mass is 207 g/mol. The first kappa shape index (κ1) is 12.0. The van der Waals surface area contributed by atoms with Gasteiger partial charge in [-0.2, -0.15) is 0 Å². The fraction of sp³-hybridized carbons (Fsp3) is 0.615. The summed E-state index contributed by atoms with van der Waals surface area (Å²) in [5.74, 6) is 0.196. The second-order valence-electron chi connectivity index (χ2n) is 3.92. The Hall–Kier alpha value is -1.05. The highest BCUT2D eigenvalue weighted by atomic mass is 16.2. The minimum atomic E-state index is 0.196. The van der Waals surface area contributed by atoms with E-state index >= 15 is 0 Å². The van der Waals surface area contributed by atoms with Gasteiger partial charge in [0.05, 0.1) is 0 Å². The first-order valence-corrected chi connectivity index (χ1v) is 5.86. The van der Waals surface area contributed by atoms with Crippen molar-refractivity contribution in [1.82, 2.24) is 4.90 Å². The van der Waals surface area contributed by atoms with Crippen molar-refractivity contribution in [2.75, 3.05) is 13.1 Å². The molecular formula is C13H21NO. The first-order chi connectivity index (χ1) is 7.20. The maximum Gasteiger partial charge on any atom is 0.249 e. The number of carbonyl (C=O) groups is 1. The Balaban J connectivity index is 2.81. The predicted octanol–water partition coefficient (Wildman–Crippen LogP) is 2.91. The molecule has 0 N–H and O–H groups in total. The molecule has 0 aromatic carbocycles. The lowest BCUT2D eigenvalue weighted by Gasteiger charge is -2.21. The summed E-state index contributed by atoms with van der Waals surface area (Å²) < 4.78 is 0. The Morgan fingerprint density at radius 2 is 2.07 bits per heavy atom. The Morgan fingerprint density at radius 3 is 2.53 bits per heavy atom. The fourth-order valence-corrected chi connectivity index (χ4v) is 1.92. The quantitative estimate of drug-likeness (QED) is 0.652. The molecular weight excluding hydrogens is 186 g/mol. The number of rotatable bonds is 3. The highest BCUT2D eigenvalue weighted by Gasteiger charge is 2.15. The van der Waals surface area contributed by atoms with Crippen LogP contribution in [0.2, 0.25) is 0 Å². The minimum Gasteiger partial charge on any atom is -0.339 e. The van der Waals surface area contributed by atoms with Crippen LogP contribution in [0.3, 0.4) is 0 Å². The number of nitrogens with zero attached hydrogens (tertiary/aromatic N) is 1. The Kier molecular flexibility index (Phi) is 4.60. The van der Waals surface area contributed by atoms with Crippen LogP contribution in [-0.2, 0) is 4.79 Å². The number of amides is 1. The van der Waals surface area contributed by atoms with Gasteiger partial charge < -0.3 is 4.90 Å². The highest BCUT2D eigenvalue weighted by molar-refractivity contribution is 5.94. The van der Waals surface area contributed by atoms with E-state index in [0.717, 1.165) is 31.5 Å². The number of likely N-dealkylation sites (N-methyl/N-ethyl adjacent to an activating group) is 1. The van der Waals surface area contributed by atoms with Crippen LogP contribution in [0.15, 0.2) is 23.3 Å². The molecule has 84 valence electrons. The molecule has 0 fully saturated rings. The lowest BCUT2D eigenvalue weighted by atomic mass is 9.97. The summed E-state index contributed by atoms with van der Waals surface area (Å²) >= 11 is 0. The molecule has 0 aromatic heterocycles. The summed E-state index contributed by atoms with van der Waals surface area (Å²) in [6.45, 7) is 7.59. The third-order valence-corrected chi connectivity index (χ3v) is 2.99. The molecule has 15 heavy (non-hydrogen) atoms. The SMILES string of the molecule is CCN(CC)C(=O)/C(C)=C1\C=CCCC1. The molecule has 1 rings (SSSR count). The van der Waals surface area contributed by atoms with E-state index in [4.69, 9.17) is 0 Å². The van der Waals surface area contributed by atoms with Crippen LogP contribution in [0.1, 0.15) is 40.0 Å². The van der Waals surface area contributed by atoms with Crippen LogP contribution in [-0.4, -0.2) is 23.9 Å². The maximum atomic E-state index is 12.0. The summed E-state index contributed by atoms with van der Waals surface area (Å²) in [5, 5.41) is 0. The summed E-state index contributed by atoms with van der Waals surface area (Å²) in [7, 11) is 0. The number of carbonyl (C=O) groups excluding carboxylic acids is 1. The van der Waals surface area contributed by atoms with Crippen LogP contribution in [0.4, 0.5) is 0 Å². The lowest BCUT2D eigenvalue weighted by Crippen LogP contribution is -2.31. The normalized spacial score (nSPS) is 18.9. The molecule has 0 spiro atoms. The molecule has 0 bridgehead atoms. The van der Waals surface area contributed by atoms with Gasteiger partial charge in [0, 0.05) is 18.7 Å². The van der Waals surface area contributed by atoms with E-state index in [0.29, 0.717) is 0 Å². The van der Waals surface area contributed by atoms with Crippen molar-refractivity contribution in [1.29, 1.82) is 0 Å². The van der Waals surface area contributed by atoms with Gasteiger partial charge in [-0.3, -0.25) is 4.79 Å². The van der Waals surface area contributed by atoms with E-state index in [1.807, 2.05) is 25.7 Å². The zero-order chi connectivity index (χ0) is 11.3. The molecule has 0 radical (unpaired) electrons. The zero-order valence-corrected chi connectivity index (χ0v) is 10.0. The van der Waals surface area contributed by atoms with Gasteiger partial charge in [0.15, 0.2) is 0 Å². The van der Waals surface area contributed by atoms with Gasteiger partial charge >= 0.3 is 0 Å². The largest absolute Gasteiger partial charge is 0.339 e. The molecule has 0 aromatic rings. The molecule has 2 nitrogen and oxygen atoms in total. The van der Waals surface area contributed by atoms with Crippen molar-refractivity contribution in [2.24, 2.45) is 0 Å². The van der Waals surface area contributed by atoms with Gasteiger partial charge in [-0.25, -0.2) is 0 Å². The maximum absolute atomic E-state index is 12.0. The summed E-state index contributed by atoms with van der Waals surface area (Å²) in [5.41, 5.74) is 2.15. The molecule has 0 unspecified atom stereocenters. The van der Waals surface area contributed by atoms with Gasteiger partial charge in [-0.05, 0) is 45.6 Å². The molecule has 0 heterocycles. The topological polar surface area (TPSA) is 20.3 Å². The second kappa shape index (κ2) is 5.74. The number of hydrogen-bond acceptors (Lipinski definition) is 1. The molecule has 0 saturated carbocycles. The molecule has 1 aliphatic rings. The van der Waals surface area contributed by atoms with E-state index in [1.165, 1.54) is 12.0 Å². The van der Waals surface area contributed by atoms with Gasteiger partial charge in [0.2, 0.25) is 5.91 Å². The molecule has 1 amide bonds. The van der Waals surface area contributed by atoms with Crippen LogP contribution in [0, 0.1) is 0 Å². The smallest absolute Gasteiger partial charge is 0.249 e. The van der Waals surface area contributed by atoms with Crippen LogP contribution in [0.5, 0.6) is 0 Å². The third kappa shape index (κ3) is 2.95. The van der Waals surface area contributed by atoms with Gasteiger partial charge in [0.1, 0.15) is 0 Å². The van der Waals surface area contributed by atoms with Gasteiger partial charge in [-0.15, -0.1) is 0 Å². The van der Waals surface area contributed by atoms with Gasteiger partial charge in [-0.1, -0.05) is 12.2 Å². The second-order valence-corrected chi connectivity index (χ2v) is 3.92. The van der Waals surface area contributed by atoms with Crippen LogP contribution in [0.25, 0.3) is 0 Å². The standard InChI is InChI=1S/C13H21NO/c1-4-14(5-2)13(15)11(3)12-9-7-6-8-10-12/h7,9H,4-6,8,10H2,1-3H3/b12-11+. The summed E-state index contributed by atoms with van der Waals surface area (Å²) in [4.78, 5) is 13.9. The van der Waals surface area contributed by atoms with Crippen molar-refractivity contribution in [3.63, 3.8) is 0 Å². The third-order valence-electron chi connectivity index (χ3n) is 2.99. The van der Waals surface area contributed by atoms with Crippen LogP contribution >= 0.6 is 0 Å². The van der Waals surface area contributed by atoms with E-state index in [1.54, 1.807) is 0 Å². The highest BCUT2D eigenvalue weighted by Crippen LogP contribution is 2.20. The molecule has 2 heteroatoms. The Bertz CT molecular complexity index is 285. The average molecular weight is 207 g/mol. The lowest BCUT2D eigenvalue weighted by molar-refractivity contribution is -0.126. The minimum absolute atomic E-state index is 0.196. The van der Waals surface area contributed by atoms with E-state index in [9.17, 15) is 4.79 Å². The fourth-order valence-electron chi connectivity index (χ4n) is 1.92. The van der Waals surface area contributed by atoms with Crippen molar-refractivity contribution < 1.29 is 4.79 Å².